The number of hydrogen-bond acceptors (Lipinski definition) is 3. The highest BCUT2D eigenvalue weighted by atomic mass is 32.2. The summed E-state index contributed by atoms with van der Waals surface area (Å²) in [4.78, 5) is 11.2. The van der Waals surface area contributed by atoms with Crippen molar-refractivity contribution >= 4 is 27.3 Å². The second-order valence-electron chi connectivity index (χ2n) is 4.63. The number of benzene rings is 2. The van der Waals surface area contributed by atoms with Crippen molar-refractivity contribution in [3.63, 3.8) is 0 Å². The molecule has 0 unspecified atom stereocenters. The van der Waals surface area contributed by atoms with E-state index in [9.17, 15) is 13.2 Å². The molecule has 110 valence electrons. The molecule has 0 atom stereocenters. The number of nitrogens with one attached hydrogen (secondary N) is 2. The standard InChI is InChI=1S/C15H16N2O3S/c1-11-10-13(8-9-15(11)16-12(2)18)17-21(19,20)14-6-4-3-5-7-14/h3-10,17H,1-2H3,(H,16,18). The van der Waals surface area contributed by atoms with E-state index in [0.29, 0.717) is 11.4 Å². The first-order chi connectivity index (χ1) is 9.88. The Hall–Kier alpha value is -2.34. The first kappa shape index (κ1) is 15.1. The van der Waals surface area contributed by atoms with Crippen LogP contribution in [0.3, 0.4) is 0 Å². The van der Waals surface area contributed by atoms with E-state index < -0.39 is 10.0 Å². The van der Waals surface area contributed by atoms with Gasteiger partial charge in [0.2, 0.25) is 5.91 Å². The van der Waals surface area contributed by atoms with Gasteiger partial charge in [0.25, 0.3) is 10.0 Å². The van der Waals surface area contributed by atoms with Gasteiger partial charge in [-0.05, 0) is 42.8 Å². The summed E-state index contributed by atoms with van der Waals surface area (Å²) in [5.74, 6) is -0.171. The van der Waals surface area contributed by atoms with Crippen molar-refractivity contribution in [3.05, 3.63) is 54.1 Å². The SMILES string of the molecule is CC(=O)Nc1ccc(NS(=O)(=O)c2ccccc2)cc1C. The van der Waals surface area contributed by atoms with Gasteiger partial charge in [-0.15, -0.1) is 0 Å². The van der Waals surface area contributed by atoms with Crippen LogP contribution >= 0.6 is 0 Å². The maximum atomic E-state index is 12.2. The number of amides is 1. The van der Waals surface area contributed by atoms with E-state index in [1.165, 1.54) is 19.1 Å². The second kappa shape index (κ2) is 5.97. The van der Waals surface area contributed by atoms with Crippen molar-refractivity contribution < 1.29 is 13.2 Å². The van der Waals surface area contributed by atoms with Crippen LogP contribution in [0.1, 0.15) is 12.5 Å². The lowest BCUT2D eigenvalue weighted by atomic mass is 10.2. The molecule has 6 heteroatoms. The maximum absolute atomic E-state index is 12.2. The molecule has 2 aromatic carbocycles. The minimum absolute atomic E-state index is 0.171. The van der Waals surface area contributed by atoms with Crippen molar-refractivity contribution in [2.45, 2.75) is 18.7 Å². The minimum Gasteiger partial charge on any atom is -0.326 e. The predicted octanol–water partition coefficient (Wildman–Crippen LogP) is 2.75. The van der Waals surface area contributed by atoms with Gasteiger partial charge < -0.3 is 5.32 Å². The molecule has 0 radical (unpaired) electrons. The normalized spacial score (nSPS) is 11.0. The third-order valence-electron chi connectivity index (χ3n) is 2.84. The molecule has 2 rings (SSSR count). The Morgan fingerprint density at radius 1 is 1.05 bits per heavy atom. The van der Waals surface area contributed by atoms with Crippen LogP contribution in [0.15, 0.2) is 53.4 Å². The molecular formula is C15H16N2O3S. The quantitative estimate of drug-likeness (QED) is 0.912. The van der Waals surface area contributed by atoms with Gasteiger partial charge >= 0.3 is 0 Å². The summed E-state index contributed by atoms with van der Waals surface area (Å²) in [6, 6.07) is 13.1. The highest BCUT2D eigenvalue weighted by Gasteiger charge is 2.13. The zero-order valence-electron chi connectivity index (χ0n) is 11.8. The third-order valence-corrected chi connectivity index (χ3v) is 4.24. The lowest BCUT2D eigenvalue weighted by molar-refractivity contribution is -0.114. The Kier molecular flexibility index (Phi) is 4.28. The summed E-state index contributed by atoms with van der Waals surface area (Å²) in [5, 5.41) is 2.68. The van der Waals surface area contributed by atoms with E-state index in [1.807, 2.05) is 0 Å². The van der Waals surface area contributed by atoms with Crippen LogP contribution in [0, 0.1) is 6.92 Å². The fourth-order valence-corrected chi connectivity index (χ4v) is 2.94. The van der Waals surface area contributed by atoms with Crippen LogP contribution in [-0.4, -0.2) is 14.3 Å². The number of rotatable bonds is 4. The highest BCUT2D eigenvalue weighted by molar-refractivity contribution is 7.92. The summed E-state index contributed by atoms with van der Waals surface area (Å²) in [6.07, 6.45) is 0. The molecule has 0 bridgehead atoms. The molecule has 0 aliphatic rings. The summed E-state index contributed by atoms with van der Waals surface area (Å²) in [6.45, 7) is 3.22. The van der Waals surface area contributed by atoms with Crippen molar-refractivity contribution in [2.75, 3.05) is 10.0 Å². The molecule has 0 aliphatic carbocycles. The summed E-state index contributed by atoms with van der Waals surface area (Å²) >= 11 is 0. The molecule has 0 fully saturated rings. The van der Waals surface area contributed by atoms with Gasteiger partial charge in [0.1, 0.15) is 0 Å². The van der Waals surface area contributed by atoms with Crippen LogP contribution < -0.4 is 10.0 Å². The first-order valence-electron chi connectivity index (χ1n) is 6.34. The Labute approximate surface area is 124 Å². The fourth-order valence-electron chi connectivity index (χ4n) is 1.87. The Bertz CT molecular complexity index is 756. The predicted molar refractivity (Wildman–Crippen MR) is 82.7 cm³/mol. The minimum atomic E-state index is -3.60. The largest absolute Gasteiger partial charge is 0.326 e. The van der Waals surface area contributed by atoms with Crippen molar-refractivity contribution in [1.29, 1.82) is 0 Å². The van der Waals surface area contributed by atoms with E-state index in [0.717, 1.165) is 5.56 Å². The summed E-state index contributed by atoms with van der Waals surface area (Å²) in [7, 11) is -3.60. The number of carbonyl (C=O) groups is 1. The van der Waals surface area contributed by atoms with E-state index in [-0.39, 0.29) is 10.8 Å². The van der Waals surface area contributed by atoms with Gasteiger partial charge in [0.15, 0.2) is 0 Å². The van der Waals surface area contributed by atoms with E-state index in [1.54, 1.807) is 43.3 Å². The topological polar surface area (TPSA) is 75.3 Å². The molecule has 2 N–H and O–H groups in total. The molecule has 1 amide bonds. The van der Waals surface area contributed by atoms with E-state index in [2.05, 4.69) is 10.0 Å². The molecule has 0 aromatic heterocycles. The van der Waals surface area contributed by atoms with Crippen molar-refractivity contribution in [1.82, 2.24) is 0 Å². The lowest BCUT2D eigenvalue weighted by Gasteiger charge is -2.11. The van der Waals surface area contributed by atoms with Gasteiger partial charge in [-0.1, -0.05) is 18.2 Å². The Morgan fingerprint density at radius 3 is 2.29 bits per heavy atom. The Balaban J connectivity index is 2.24. The van der Waals surface area contributed by atoms with Crippen molar-refractivity contribution in [2.24, 2.45) is 0 Å². The molecule has 2 aromatic rings. The van der Waals surface area contributed by atoms with Gasteiger partial charge in [-0.3, -0.25) is 9.52 Å². The molecular weight excluding hydrogens is 288 g/mol. The first-order valence-corrected chi connectivity index (χ1v) is 7.83. The summed E-state index contributed by atoms with van der Waals surface area (Å²) < 4.78 is 26.9. The van der Waals surface area contributed by atoms with Gasteiger partial charge in [-0.2, -0.15) is 0 Å². The Morgan fingerprint density at radius 2 is 1.71 bits per heavy atom. The molecule has 0 saturated heterocycles. The molecule has 0 spiro atoms. The average Bonchev–Trinajstić information content (AvgIpc) is 2.42. The number of carbonyl (C=O) groups excluding carboxylic acids is 1. The number of aryl methyl sites for hydroxylation is 1. The van der Waals surface area contributed by atoms with Gasteiger partial charge in [0, 0.05) is 18.3 Å². The zero-order valence-corrected chi connectivity index (χ0v) is 12.6. The monoisotopic (exact) mass is 304 g/mol. The number of hydrogen-bond donors (Lipinski definition) is 2. The maximum Gasteiger partial charge on any atom is 0.261 e. The number of anilines is 2. The average molecular weight is 304 g/mol. The molecule has 0 aliphatic heterocycles. The van der Waals surface area contributed by atoms with Crippen LogP contribution in [-0.2, 0) is 14.8 Å². The molecule has 0 heterocycles. The molecule has 5 nitrogen and oxygen atoms in total. The molecule has 0 saturated carbocycles. The summed E-state index contributed by atoms with van der Waals surface area (Å²) in [5.41, 5.74) is 1.88. The van der Waals surface area contributed by atoms with Crippen LogP contribution in [0.25, 0.3) is 0 Å². The van der Waals surface area contributed by atoms with Gasteiger partial charge in [0.05, 0.1) is 4.90 Å². The van der Waals surface area contributed by atoms with Gasteiger partial charge in [-0.25, -0.2) is 8.42 Å². The van der Waals surface area contributed by atoms with E-state index >= 15 is 0 Å². The zero-order chi connectivity index (χ0) is 15.5. The van der Waals surface area contributed by atoms with Crippen LogP contribution in [0.4, 0.5) is 11.4 Å². The fraction of sp³-hybridized carbons (Fsp3) is 0.133. The smallest absolute Gasteiger partial charge is 0.261 e. The lowest BCUT2D eigenvalue weighted by Crippen LogP contribution is -2.13. The number of sulfonamides is 1. The van der Waals surface area contributed by atoms with Crippen LogP contribution in [0.2, 0.25) is 0 Å². The highest BCUT2D eigenvalue weighted by Crippen LogP contribution is 2.22. The van der Waals surface area contributed by atoms with E-state index in [4.69, 9.17) is 0 Å². The van der Waals surface area contributed by atoms with Crippen LogP contribution in [0.5, 0.6) is 0 Å². The van der Waals surface area contributed by atoms with Crippen molar-refractivity contribution in [3.8, 4) is 0 Å². The third kappa shape index (κ3) is 3.82. The molecule has 21 heavy (non-hydrogen) atoms. The second-order valence-corrected chi connectivity index (χ2v) is 6.31.